The Kier molecular flexibility index (Phi) is 8.92. The van der Waals surface area contributed by atoms with Gasteiger partial charge >= 0.3 is 11.8 Å². The third kappa shape index (κ3) is 5.60. The van der Waals surface area contributed by atoms with Crippen LogP contribution in [0.4, 0.5) is 0 Å². The SMILES string of the molecule is CCC(O)(CC)[C@H](NC(=O)C(=O)N[C@H](c1cccc2ccccc12)C(O)(CC)CC)c1cccc2ccccc12. The minimum Gasteiger partial charge on any atom is -0.387 e. The Bertz CT molecular complexity index is 1370. The third-order valence-electron chi connectivity index (χ3n) is 8.55. The summed E-state index contributed by atoms with van der Waals surface area (Å²) < 4.78 is 0. The van der Waals surface area contributed by atoms with E-state index in [0.717, 1.165) is 32.7 Å². The van der Waals surface area contributed by atoms with Gasteiger partial charge in [0.25, 0.3) is 0 Å². The lowest BCUT2D eigenvalue weighted by Crippen LogP contribution is -2.53. The molecule has 0 radical (unpaired) electrons. The summed E-state index contributed by atoms with van der Waals surface area (Å²) in [4.78, 5) is 27.1. The summed E-state index contributed by atoms with van der Waals surface area (Å²) in [5.41, 5.74) is -1.06. The van der Waals surface area contributed by atoms with Crippen molar-refractivity contribution in [3.05, 3.63) is 96.1 Å². The Morgan fingerprint density at radius 3 is 1.25 bits per heavy atom. The van der Waals surface area contributed by atoms with Crippen molar-refractivity contribution in [3.8, 4) is 0 Å². The smallest absolute Gasteiger partial charge is 0.309 e. The van der Waals surface area contributed by atoms with Crippen LogP contribution in [0.5, 0.6) is 0 Å². The monoisotopic (exact) mass is 540 g/mol. The first kappa shape index (κ1) is 29.2. The Labute approximate surface area is 236 Å². The van der Waals surface area contributed by atoms with Gasteiger partial charge in [-0.2, -0.15) is 0 Å². The molecule has 4 rings (SSSR count). The fourth-order valence-corrected chi connectivity index (χ4v) is 5.72. The molecule has 40 heavy (non-hydrogen) atoms. The van der Waals surface area contributed by atoms with Crippen molar-refractivity contribution in [1.29, 1.82) is 0 Å². The standard InChI is InChI=1S/C34H40N2O4/c1-5-33(39,6-2)29(27-21-13-17-23-15-9-11-19-25(23)27)35-31(37)32(38)36-30(34(40,7-3)8-4)28-22-14-18-24-16-10-12-20-26(24)28/h9-22,29-30,39-40H,5-8H2,1-4H3,(H,35,37)(H,36,38)/t29-,30-/m1/s1. The zero-order valence-corrected chi connectivity index (χ0v) is 23.8. The number of carbonyl (C=O) groups excluding carboxylic acids is 2. The molecular weight excluding hydrogens is 500 g/mol. The van der Waals surface area contributed by atoms with Crippen molar-refractivity contribution in [2.75, 3.05) is 0 Å². The molecule has 0 aromatic heterocycles. The Morgan fingerprint density at radius 1 is 0.575 bits per heavy atom. The minimum atomic E-state index is -1.28. The highest BCUT2D eigenvalue weighted by Gasteiger charge is 2.40. The van der Waals surface area contributed by atoms with Crippen molar-refractivity contribution in [2.24, 2.45) is 0 Å². The fraction of sp³-hybridized carbons (Fsp3) is 0.353. The molecule has 0 fully saturated rings. The molecule has 210 valence electrons. The van der Waals surface area contributed by atoms with Gasteiger partial charge < -0.3 is 20.8 Å². The summed E-state index contributed by atoms with van der Waals surface area (Å²) in [5, 5.41) is 32.7. The number of nitrogens with one attached hydrogen (secondary N) is 2. The van der Waals surface area contributed by atoms with Crippen LogP contribution in [0.25, 0.3) is 21.5 Å². The van der Waals surface area contributed by atoms with Crippen LogP contribution in [-0.4, -0.2) is 33.2 Å². The predicted octanol–water partition coefficient (Wildman–Crippen LogP) is 6.11. The Hall–Kier alpha value is -3.74. The molecule has 0 aliphatic carbocycles. The second-order valence-electron chi connectivity index (χ2n) is 10.6. The van der Waals surface area contributed by atoms with E-state index in [9.17, 15) is 19.8 Å². The van der Waals surface area contributed by atoms with Crippen molar-refractivity contribution in [2.45, 2.75) is 76.7 Å². The lowest BCUT2D eigenvalue weighted by atomic mass is 9.81. The molecule has 0 saturated heterocycles. The molecule has 2 atom stereocenters. The lowest BCUT2D eigenvalue weighted by Gasteiger charge is -2.37. The van der Waals surface area contributed by atoms with Gasteiger partial charge in [-0.1, -0.05) is 113 Å². The molecule has 0 bridgehead atoms. The molecule has 2 amide bonds. The summed E-state index contributed by atoms with van der Waals surface area (Å²) in [5.74, 6) is -1.73. The van der Waals surface area contributed by atoms with Gasteiger partial charge in [0, 0.05) is 0 Å². The van der Waals surface area contributed by atoms with Gasteiger partial charge in [-0.05, 0) is 58.4 Å². The van der Waals surface area contributed by atoms with E-state index in [1.807, 2.05) is 113 Å². The van der Waals surface area contributed by atoms with E-state index < -0.39 is 35.1 Å². The van der Waals surface area contributed by atoms with Crippen LogP contribution < -0.4 is 10.6 Å². The summed E-state index contributed by atoms with van der Waals surface area (Å²) in [6.07, 6.45) is 1.51. The summed E-state index contributed by atoms with van der Waals surface area (Å²) in [6.45, 7) is 7.47. The molecule has 6 nitrogen and oxygen atoms in total. The van der Waals surface area contributed by atoms with Crippen LogP contribution in [0, 0.1) is 0 Å². The summed E-state index contributed by atoms with van der Waals surface area (Å²) >= 11 is 0. The molecule has 0 aliphatic heterocycles. The predicted molar refractivity (Wildman–Crippen MR) is 161 cm³/mol. The fourth-order valence-electron chi connectivity index (χ4n) is 5.72. The van der Waals surface area contributed by atoms with Gasteiger partial charge in [0.2, 0.25) is 0 Å². The van der Waals surface area contributed by atoms with E-state index in [1.54, 1.807) is 0 Å². The molecular formula is C34H40N2O4. The minimum absolute atomic E-state index is 0.378. The first-order chi connectivity index (χ1) is 19.2. The summed E-state index contributed by atoms with van der Waals surface area (Å²) in [7, 11) is 0. The van der Waals surface area contributed by atoms with Gasteiger partial charge in [0.05, 0.1) is 23.3 Å². The lowest BCUT2D eigenvalue weighted by molar-refractivity contribution is -0.143. The molecule has 4 aromatic carbocycles. The topological polar surface area (TPSA) is 98.7 Å². The number of benzene rings is 4. The van der Waals surface area contributed by atoms with Crippen LogP contribution >= 0.6 is 0 Å². The van der Waals surface area contributed by atoms with Crippen molar-refractivity contribution < 1.29 is 19.8 Å². The van der Waals surface area contributed by atoms with E-state index in [1.165, 1.54) is 0 Å². The highest BCUT2D eigenvalue weighted by molar-refractivity contribution is 6.35. The highest BCUT2D eigenvalue weighted by Crippen LogP contribution is 2.37. The second-order valence-corrected chi connectivity index (χ2v) is 10.6. The molecule has 0 heterocycles. The third-order valence-corrected chi connectivity index (χ3v) is 8.55. The van der Waals surface area contributed by atoms with Crippen LogP contribution in [0.2, 0.25) is 0 Å². The van der Waals surface area contributed by atoms with Crippen molar-refractivity contribution >= 4 is 33.4 Å². The molecule has 0 aliphatic rings. The van der Waals surface area contributed by atoms with Gasteiger partial charge in [-0.3, -0.25) is 9.59 Å². The molecule has 4 aromatic rings. The van der Waals surface area contributed by atoms with E-state index in [-0.39, 0.29) is 0 Å². The molecule has 6 heteroatoms. The second kappa shape index (κ2) is 12.2. The zero-order chi connectivity index (χ0) is 28.9. The number of hydrogen-bond donors (Lipinski definition) is 4. The van der Waals surface area contributed by atoms with E-state index in [4.69, 9.17) is 0 Å². The van der Waals surface area contributed by atoms with Gasteiger partial charge in [0.1, 0.15) is 0 Å². The maximum absolute atomic E-state index is 13.6. The van der Waals surface area contributed by atoms with Gasteiger partial charge in [-0.25, -0.2) is 0 Å². The number of rotatable bonds is 10. The Balaban J connectivity index is 1.71. The van der Waals surface area contributed by atoms with Gasteiger partial charge in [0.15, 0.2) is 0 Å². The van der Waals surface area contributed by atoms with Crippen molar-refractivity contribution in [3.63, 3.8) is 0 Å². The van der Waals surface area contributed by atoms with E-state index >= 15 is 0 Å². The van der Waals surface area contributed by atoms with Crippen LogP contribution in [0.1, 0.15) is 76.6 Å². The molecule has 0 unspecified atom stereocenters. The number of hydrogen-bond acceptors (Lipinski definition) is 4. The molecule has 0 spiro atoms. The number of amides is 2. The Morgan fingerprint density at radius 2 is 0.900 bits per heavy atom. The largest absolute Gasteiger partial charge is 0.387 e. The zero-order valence-electron chi connectivity index (χ0n) is 23.8. The molecule has 0 saturated carbocycles. The maximum Gasteiger partial charge on any atom is 0.309 e. The maximum atomic E-state index is 13.6. The number of carbonyl (C=O) groups is 2. The van der Waals surface area contributed by atoms with E-state index in [0.29, 0.717) is 25.7 Å². The first-order valence-corrected chi connectivity index (χ1v) is 14.2. The molecule has 4 N–H and O–H groups in total. The first-order valence-electron chi connectivity index (χ1n) is 14.2. The average Bonchev–Trinajstić information content (AvgIpc) is 3.01. The van der Waals surface area contributed by atoms with Crippen LogP contribution in [0.15, 0.2) is 84.9 Å². The van der Waals surface area contributed by atoms with Crippen LogP contribution in [-0.2, 0) is 9.59 Å². The van der Waals surface area contributed by atoms with Crippen LogP contribution in [0.3, 0.4) is 0 Å². The number of aliphatic hydroxyl groups is 2. The highest BCUT2D eigenvalue weighted by atomic mass is 16.3. The van der Waals surface area contributed by atoms with E-state index in [2.05, 4.69) is 10.6 Å². The van der Waals surface area contributed by atoms with Crippen molar-refractivity contribution in [1.82, 2.24) is 10.6 Å². The normalized spacial score (nSPS) is 13.7. The quantitative estimate of drug-likeness (QED) is 0.182. The number of fused-ring (bicyclic) bond motifs is 2. The van der Waals surface area contributed by atoms with Gasteiger partial charge in [-0.15, -0.1) is 0 Å². The summed E-state index contributed by atoms with van der Waals surface area (Å²) in [6, 6.07) is 25.4. The average molecular weight is 541 g/mol.